The predicted molar refractivity (Wildman–Crippen MR) is 64.5 cm³/mol. The van der Waals surface area contributed by atoms with Crippen molar-refractivity contribution < 1.29 is 9.78 Å². The van der Waals surface area contributed by atoms with Crippen LogP contribution in [0.15, 0.2) is 24.3 Å². The van der Waals surface area contributed by atoms with Crippen LogP contribution < -0.4 is 4.89 Å². The van der Waals surface area contributed by atoms with E-state index >= 15 is 0 Å². The van der Waals surface area contributed by atoms with Crippen LogP contribution in [-0.2, 0) is 4.89 Å². The van der Waals surface area contributed by atoms with Gasteiger partial charge in [0.1, 0.15) is 0 Å². The lowest BCUT2D eigenvalue weighted by Gasteiger charge is -2.26. The first-order valence-electron chi connectivity index (χ1n) is 6.10. The van der Waals surface area contributed by atoms with Crippen molar-refractivity contribution in [2.24, 2.45) is 5.92 Å². The maximum Gasteiger partial charge on any atom is 0.165 e. The lowest BCUT2D eigenvalue weighted by molar-refractivity contribution is -0.178. The fraction of sp³-hybridized carbons (Fsp3) is 0.571. The van der Waals surface area contributed by atoms with Gasteiger partial charge >= 0.3 is 0 Å². The van der Waals surface area contributed by atoms with Gasteiger partial charge in [-0.2, -0.15) is 4.89 Å². The summed E-state index contributed by atoms with van der Waals surface area (Å²) in [5, 5.41) is 0. The zero-order chi connectivity index (χ0) is 11.4. The third-order valence-electron chi connectivity index (χ3n) is 3.55. The molecule has 0 heterocycles. The molecule has 88 valence electrons. The molecule has 1 aromatic carbocycles. The van der Waals surface area contributed by atoms with Crippen molar-refractivity contribution in [2.75, 3.05) is 7.11 Å². The molecule has 0 bridgehead atoms. The quantitative estimate of drug-likeness (QED) is 0.567. The second-order valence-corrected chi connectivity index (χ2v) is 4.78. The molecule has 0 saturated heterocycles. The van der Waals surface area contributed by atoms with Gasteiger partial charge in [-0.25, -0.2) is 0 Å². The van der Waals surface area contributed by atoms with E-state index in [9.17, 15) is 0 Å². The average Bonchev–Trinajstić information content (AvgIpc) is 2.32. The molecule has 1 saturated carbocycles. The second-order valence-electron chi connectivity index (χ2n) is 4.78. The Hall–Kier alpha value is -1.02. The van der Waals surface area contributed by atoms with E-state index < -0.39 is 0 Å². The Balaban J connectivity index is 1.98. The Kier molecular flexibility index (Phi) is 3.83. The molecule has 0 N–H and O–H groups in total. The van der Waals surface area contributed by atoms with Gasteiger partial charge in [0.15, 0.2) is 5.75 Å². The van der Waals surface area contributed by atoms with Crippen molar-refractivity contribution in [2.45, 2.75) is 38.5 Å². The van der Waals surface area contributed by atoms with Crippen LogP contribution in [0.1, 0.15) is 44.1 Å². The molecule has 2 heteroatoms. The number of benzene rings is 1. The van der Waals surface area contributed by atoms with E-state index in [0.29, 0.717) is 0 Å². The molecule has 1 aromatic rings. The molecule has 0 atom stereocenters. The van der Waals surface area contributed by atoms with Crippen molar-refractivity contribution in [3.05, 3.63) is 29.8 Å². The van der Waals surface area contributed by atoms with Crippen LogP contribution in [0, 0.1) is 5.92 Å². The standard InChI is InChI=1S/C14H20O2/c1-11-3-5-12(6-4-11)13-7-9-14(10-8-13)16-15-2/h7-12H,3-6H2,1-2H3. The molecule has 16 heavy (non-hydrogen) atoms. The lowest BCUT2D eigenvalue weighted by atomic mass is 9.79. The maximum atomic E-state index is 4.97. The van der Waals surface area contributed by atoms with Crippen LogP contribution in [0.5, 0.6) is 5.75 Å². The van der Waals surface area contributed by atoms with Crippen LogP contribution in [0.25, 0.3) is 0 Å². The topological polar surface area (TPSA) is 18.5 Å². The van der Waals surface area contributed by atoms with Crippen molar-refractivity contribution in [1.82, 2.24) is 0 Å². The van der Waals surface area contributed by atoms with Crippen LogP contribution in [-0.4, -0.2) is 7.11 Å². The zero-order valence-corrected chi connectivity index (χ0v) is 10.1. The highest BCUT2D eigenvalue weighted by Crippen LogP contribution is 2.35. The number of hydrogen-bond acceptors (Lipinski definition) is 2. The summed E-state index contributed by atoms with van der Waals surface area (Å²) in [5.74, 6) is 2.43. The van der Waals surface area contributed by atoms with E-state index in [1.54, 1.807) is 0 Å². The van der Waals surface area contributed by atoms with Crippen molar-refractivity contribution >= 4 is 0 Å². The molecule has 1 aliphatic rings. The normalized spacial score (nSPS) is 25.4. The molecule has 2 rings (SSSR count). The summed E-state index contributed by atoms with van der Waals surface area (Å²) >= 11 is 0. The molecule has 0 unspecified atom stereocenters. The van der Waals surface area contributed by atoms with Crippen LogP contribution in [0.2, 0.25) is 0 Å². The second kappa shape index (κ2) is 5.35. The Bertz CT molecular complexity index is 310. The Morgan fingerprint density at radius 3 is 2.19 bits per heavy atom. The van der Waals surface area contributed by atoms with E-state index in [-0.39, 0.29) is 0 Å². The summed E-state index contributed by atoms with van der Waals surface area (Å²) in [4.78, 5) is 9.59. The van der Waals surface area contributed by atoms with Gasteiger partial charge < -0.3 is 4.89 Å². The van der Waals surface area contributed by atoms with E-state index in [4.69, 9.17) is 4.89 Å². The molecule has 0 amide bonds. The van der Waals surface area contributed by atoms with Gasteiger partial charge in [0.05, 0.1) is 7.11 Å². The highest BCUT2D eigenvalue weighted by molar-refractivity contribution is 5.29. The van der Waals surface area contributed by atoms with Crippen LogP contribution in [0.3, 0.4) is 0 Å². The molecule has 1 fully saturated rings. The third-order valence-corrected chi connectivity index (χ3v) is 3.55. The Morgan fingerprint density at radius 2 is 1.62 bits per heavy atom. The summed E-state index contributed by atoms with van der Waals surface area (Å²) in [6.45, 7) is 2.35. The minimum Gasteiger partial charge on any atom is -0.338 e. The first-order chi connectivity index (χ1) is 7.79. The zero-order valence-electron chi connectivity index (χ0n) is 10.1. The SMILES string of the molecule is COOc1ccc(C2CCC(C)CC2)cc1. The first kappa shape index (κ1) is 11.5. The van der Waals surface area contributed by atoms with Gasteiger partial charge in [-0.3, -0.25) is 0 Å². The minimum absolute atomic E-state index is 0.743. The molecule has 0 aliphatic heterocycles. The molecule has 0 spiro atoms. The molecular formula is C14H20O2. The van der Waals surface area contributed by atoms with Gasteiger partial charge in [0.2, 0.25) is 0 Å². The largest absolute Gasteiger partial charge is 0.338 e. The third kappa shape index (κ3) is 2.76. The summed E-state index contributed by atoms with van der Waals surface area (Å²) in [6, 6.07) is 8.29. The average molecular weight is 220 g/mol. The summed E-state index contributed by atoms with van der Waals surface area (Å²) in [6.07, 6.45) is 5.37. The maximum absolute atomic E-state index is 4.97. The summed E-state index contributed by atoms with van der Waals surface area (Å²) in [7, 11) is 1.52. The van der Waals surface area contributed by atoms with Crippen LogP contribution in [0.4, 0.5) is 0 Å². The molecular weight excluding hydrogens is 200 g/mol. The Morgan fingerprint density at radius 1 is 1.00 bits per heavy atom. The van der Waals surface area contributed by atoms with E-state index in [1.165, 1.54) is 38.4 Å². The Labute approximate surface area is 97.5 Å². The van der Waals surface area contributed by atoms with Crippen LogP contribution >= 0.6 is 0 Å². The van der Waals surface area contributed by atoms with Gasteiger partial charge in [0, 0.05) is 0 Å². The van der Waals surface area contributed by atoms with Crippen molar-refractivity contribution in [3.8, 4) is 5.75 Å². The summed E-state index contributed by atoms with van der Waals surface area (Å²) in [5.41, 5.74) is 1.44. The minimum atomic E-state index is 0.743. The summed E-state index contributed by atoms with van der Waals surface area (Å²) < 4.78 is 0. The lowest BCUT2D eigenvalue weighted by Crippen LogP contribution is -2.10. The number of rotatable bonds is 3. The van der Waals surface area contributed by atoms with Gasteiger partial charge in [-0.1, -0.05) is 31.9 Å². The highest BCUT2D eigenvalue weighted by atomic mass is 17.2. The van der Waals surface area contributed by atoms with E-state index in [1.807, 2.05) is 12.1 Å². The smallest absolute Gasteiger partial charge is 0.165 e. The fourth-order valence-electron chi connectivity index (χ4n) is 2.49. The molecule has 0 aromatic heterocycles. The first-order valence-corrected chi connectivity index (χ1v) is 6.10. The monoisotopic (exact) mass is 220 g/mol. The highest BCUT2D eigenvalue weighted by Gasteiger charge is 2.19. The van der Waals surface area contributed by atoms with Crippen molar-refractivity contribution in [1.29, 1.82) is 0 Å². The van der Waals surface area contributed by atoms with E-state index in [2.05, 4.69) is 23.9 Å². The fourth-order valence-corrected chi connectivity index (χ4v) is 2.49. The van der Waals surface area contributed by atoms with Gasteiger partial charge in [0.25, 0.3) is 0 Å². The number of hydrogen-bond donors (Lipinski definition) is 0. The van der Waals surface area contributed by atoms with Gasteiger partial charge in [-0.15, -0.1) is 0 Å². The van der Waals surface area contributed by atoms with E-state index in [0.717, 1.165) is 17.6 Å². The van der Waals surface area contributed by atoms with Crippen molar-refractivity contribution in [3.63, 3.8) is 0 Å². The molecule has 0 radical (unpaired) electrons. The molecule has 2 nitrogen and oxygen atoms in total. The van der Waals surface area contributed by atoms with Gasteiger partial charge in [-0.05, 0) is 42.4 Å². The predicted octanol–water partition coefficient (Wildman–Crippen LogP) is 3.92. The molecule has 1 aliphatic carbocycles.